The highest BCUT2D eigenvalue weighted by atomic mass is 16.6. The first kappa shape index (κ1) is 24.6. The van der Waals surface area contributed by atoms with Crippen LogP contribution in [0, 0.1) is 11.8 Å². The van der Waals surface area contributed by atoms with Crippen molar-refractivity contribution >= 4 is 11.9 Å². The third kappa shape index (κ3) is 6.15. The Balaban J connectivity index is 2.39. The molecule has 7 nitrogen and oxygen atoms in total. The molecule has 1 aliphatic carbocycles. The summed E-state index contributed by atoms with van der Waals surface area (Å²) in [6.45, 7) is 10.6. The first-order valence-electron chi connectivity index (χ1n) is 10.5. The van der Waals surface area contributed by atoms with E-state index in [1.807, 2.05) is 0 Å². The molecule has 1 saturated heterocycles. The van der Waals surface area contributed by atoms with E-state index in [2.05, 4.69) is 13.5 Å². The molecule has 2 fully saturated rings. The first-order valence-corrected chi connectivity index (χ1v) is 10.5. The summed E-state index contributed by atoms with van der Waals surface area (Å²) in [6.07, 6.45) is 3.89. The van der Waals surface area contributed by atoms with Crippen LogP contribution in [0.1, 0.15) is 59.8 Å². The molecule has 0 amide bonds. The molecular weight excluding hydrogens is 388 g/mol. The zero-order valence-electron chi connectivity index (χ0n) is 18.8. The second-order valence-electron chi connectivity index (χ2n) is 9.23. The van der Waals surface area contributed by atoms with Crippen molar-refractivity contribution in [2.24, 2.45) is 11.8 Å². The lowest BCUT2D eigenvalue weighted by molar-refractivity contribution is -0.145. The van der Waals surface area contributed by atoms with Crippen LogP contribution in [0.25, 0.3) is 0 Å². The van der Waals surface area contributed by atoms with Crippen molar-refractivity contribution in [3.8, 4) is 0 Å². The molecule has 2 aliphatic rings. The van der Waals surface area contributed by atoms with Gasteiger partial charge in [-0.05, 0) is 58.4 Å². The molecule has 0 spiro atoms. The zero-order valence-corrected chi connectivity index (χ0v) is 18.8. The number of rotatable bonds is 7. The average molecular weight is 425 g/mol. The van der Waals surface area contributed by atoms with Gasteiger partial charge in [0.1, 0.15) is 6.61 Å². The molecule has 0 aromatic rings. The number of carbonyl (C=O) groups is 2. The van der Waals surface area contributed by atoms with E-state index in [-0.39, 0.29) is 36.6 Å². The predicted molar refractivity (Wildman–Crippen MR) is 112 cm³/mol. The Kier molecular flexibility index (Phi) is 7.88. The quantitative estimate of drug-likeness (QED) is 0.368. The van der Waals surface area contributed by atoms with E-state index in [1.165, 1.54) is 27.9 Å². The lowest BCUT2D eigenvalue weighted by Gasteiger charge is -2.30. The van der Waals surface area contributed by atoms with Gasteiger partial charge in [-0.3, -0.25) is 9.59 Å². The Hall–Kier alpha value is -1.70. The molecule has 1 saturated carbocycles. The number of carbonyl (C=O) groups excluding carboxylic acids is 2. The molecule has 7 heteroatoms. The third-order valence-corrected chi connectivity index (χ3v) is 6.35. The fourth-order valence-corrected chi connectivity index (χ4v) is 4.15. The number of ether oxygens (including phenoxy) is 3. The highest BCUT2D eigenvalue weighted by molar-refractivity contribution is 5.76. The van der Waals surface area contributed by atoms with Gasteiger partial charge in [0.05, 0.1) is 36.4 Å². The Morgan fingerprint density at radius 2 is 2.07 bits per heavy atom. The molecular formula is C23H36O7. The summed E-state index contributed by atoms with van der Waals surface area (Å²) < 4.78 is 16.2. The van der Waals surface area contributed by atoms with Crippen LogP contribution >= 0.6 is 0 Å². The molecule has 0 radical (unpaired) electrons. The lowest BCUT2D eigenvalue weighted by atomic mass is 9.77. The molecule has 5 atom stereocenters. The molecule has 1 aliphatic heterocycles. The summed E-state index contributed by atoms with van der Waals surface area (Å²) >= 11 is 0. The minimum absolute atomic E-state index is 0.000349. The van der Waals surface area contributed by atoms with Crippen molar-refractivity contribution in [3.63, 3.8) is 0 Å². The summed E-state index contributed by atoms with van der Waals surface area (Å²) in [6, 6.07) is 0. The SMILES string of the molecule is C=C1CCC2O[C@@]2(C)CC[C@H](/C(=C\CC(O)C(C)(C)O)COC(C)=O)[C@H]1C(=O)OC. The van der Waals surface area contributed by atoms with Gasteiger partial charge in [0.15, 0.2) is 0 Å². The van der Waals surface area contributed by atoms with E-state index in [0.29, 0.717) is 18.4 Å². The third-order valence-electron chi connectivity index (χ3n) is 6.35. The Bertz CT molecular complexity index is 690. The van der Waals surface area contributed by atoms with Gasteiger partial charge in [0.25, 0.3) is 0 Å². The Morgan fingerprint density at radius 3 is 2.63 bits per heavy atom. The summed E-state index contributed by atoms with van der Waals surface area (Å²) in [5.41, 5.74) is -0.0194. The predicted octanol–water partition coefficient (Wildman–Crippen LogP) is 2.69. The van der Waals surface area contributed by atoms with Crippen LogP contribution < -0.4 is 0 Å². The van der Waals surface area contributed by atoms with E-state index < -0.39 is 23.6 Å². The fraction of sp³-hybridized carbons (Fsp3) is 0.739. The Labute approximate surface area is 179 Å². The highest BCUT2D eigenvalue weighted by Crippen LogP contribution is 2.48. The largest absolute Gasteiger partial charge is 0.469 e. The van der Waals surface area contributed by atoms with Crippen LogP contribution in [0.5, 0.6) is 0 Å². The monoisotopic (exact) mass is 424 g/mol. The molecule has 0 bridgehead atoms. The summed E-state index contributed by atoms with van der Waals surface area (Å²) in [4.78, 5) is 24.2. The molecule has 2 N–H and O–H groups in total. The van der Waals surface area contributed by atoms with Crippen molar-refractivity contribution in [1.82, 2.24) is 0 Å². The molecule has 30 heavy (non-hydrogen) atoms. The summed E-state index contributed by atoms with van der Waals surface area (Å²) in [7, 11) is 1.36. The van der Waals surface area contributed by atoms with E-state index in [1.54, 1.807) is 6.08 Å². The second-order valence-corrected chi connectivity index (χ2v) is 9.23. The van der Waals surface area contributed by atoms with Crippen molar-refractivity contribution < 1.29 is 34.0 Å². The molecule has 170 valence electrons. The van der Waals surface area contributed by atoms with Crippen LogP contribution in [-0.4, -0.2) is 59.3 Å². The van der Waals surface area contributed by atoms with Crippen molar-refractivity contribution in [2.75, 3.05) is 13.7 Å². The molecule has 0 aromatic carbocycles. The van der Waals surface area contributed by atoms with Gasteiger partial charge in [0, 0.05) is 12.8 Å². The van der Waals surface area contributed by atoms with E-state index >= 15 is 0 Å². The lowest BCUT2D eigenvalue weighted by Crippen LogP contribution is -2.35. The number of epoxide rings is 1. The van der Waals surface area contributed by atoms with Gasteiger partial charge in [-0.2, -0.15) is 0 Å². The van der Waals surface area contributed by atoms with Crippen LogP contribution in [0.3, 0.4) is 0 Å². The summed E-state index contributed by atoms with van der Waals surface area (Å²) in [5.74, 6) is -1.68. The van der Waals surface area contributed by atoms with Gasteiger partial charge < -0.3 is 24.4 Å². The van der Waals surface area contributed by atoms with Crippen molar-refractivity contribution in [3.05, 3.63) is 23.8 Å². The number of hydrogen-bond acceptors (Lipinski definition) is 7. The standard InChI is InChI=1S/C23H36O7/c1-14-7-10-19-23(5,30-19)12-11-17(20(14)21(26)28-6)16(13-29-15(2)24)8-9-18(25)22(3,4)27/h8,17-20,25,27H,1,7,9-13H2,2-6H3/b16-8-/t17-,18?,19?,20+,23+/m1/s1. The molecule has 2 unspecified atom stereocenters. The molecule has 0 aromatic heterocycles. The number of esters is 2. The van der Waals surface area contributed by atoms with Gasteiger partial charge in [-0.1, -0.05) is 18.2 Å². The smallest absolute Gasteiger partial charge is 0.313 e. The summed E-state index contributed by atoms with van der Waals surface area (Å²) in [5, 5.41) is 20.4. The number of fused-ring (bicyclic) bond motifs is 1. The van der Waals surface area contributed by atoms with Gasteiger partial charge in [-0.25, -0.2) is 0 Å². The highest BCUT2D eigenvalue weighted by Gasteiger charge is 2.53. The van der Waals surface area contributed by atoms with Crippen LogP contribution in [-0.2, 0) is 23.8 Å². The first-order chi connectivity index (χ1) is 13.9. The molecule has 1 heterocycles. The number of aliphatic hydroxyl groups excluding tert-OH is 1. The maximum atomic E-state index is 12.7. The van der Waals surface area contributed by atoms with Crippen LogP contribution in [0.15, 0.2) is 23.8 Å². The van der Waals surface area contributed by atoms with Crippen molar-refractivity contribution in [1.29, 1.82) is 0 Å². The van der Waals surface area contributed by atoms with Crippen molar-refractivity contribution in [2.45, 2.75) is 83.2 Å². The number of aliphatic hydroxyl groups is 2. The Morgan fingerprint density at radius 1 is 1.40 bits per heavy atom. The molecule has 2 rings (SSSR count). The van der Waals surface area contributed by atoms with Crippen LogP contribution in [0.4, 0.5) is 0 Å². The van der Waals surface area contributed by atoms with Gasteiger partial charge in [0.2, 0.25) is 0 Å². The van der Waals surface area contributed by atoms with E-state index in [0.717, 1.165) is 18.4 Å². The number of hydrogen-bond donors (Lipinski definition) is 2. The average Bonchev–Trinajstić information content (AvgIpc) is 3.30. The van der Waals surface area contributed by atoms with E-state index in [9.17, 15) is 19.8 Å². The second kappa shape index (κ2) is 9.62. The minimum atomic E-state index is -1.28. The zero-order chi connectivity index (χ0) is 22.7. The van der Waals surface area contributed by atoms with Gasteiger partial charge >= 0.3 is 11.9 Å². The number of methoxy groups -OCH3 is 1. The maximum absolute atomic E-state index is 12.7. The minimum Gasteiger partial charge on any atom is -0.469 e. The fourth-order valence-electron chi connectivity index (χ4n) is 4.15. The van der Waals surface area contributed by atoms with Gasteiger partial charge in [-0.15, -0.1) is 0 Å². The maximum Gasteiger partial charge on any atom is 0.313 e. The van der Waals surface area contributed by atoms with Crippen LogP contribution in [0.2, 0.25) is 0 Å². The van der Waals surface area contributed by atoms with E-state index in [4.69, 9.17) is 14.2 Å². The normalized spacial score (nSPS) is 31.0. The topological polar surface area (TPSA) is 106 Å².